The number of nitrogens with one attached hydrogen (secondary N) is 1. The predicted molar refractivity (Wildman–Crippen MR) is 82.2 cm³/mol. The molecule has 0 fully saturated rings. The zero-order valence-corrected chi connectivity index (χ0v) is 12.2. The summed E-state index contributed by atoms with van der Waals surface area (Å²) in [5.74, 6) is 2.31. The number of hydrogen-bond donors (Lipinski definition) is 2. The molecule has 5 nitrogen and oxygen atoms in total. The molecule has 0 bridgehead atoms. The van der Waals surface area contributed by atoms with Crippen LogP contribution in [0.1, 0.15) is 5.56 Å². The molecule has 116 valence electrons. The van der Waals surface area contributed by atoms with Crippen LogP contribution in [0.2, 0.25) is 0 Å². The predicted octanol–water partition coefficient (Wildman–Crippen LogP) is 1.94. The van der Waals surface area contributed by atoms with E-state index in [9.17, 15) is 5.11 Å². The van der Waals surface area contributed by atoms with Gasteiger partial charge >= 0.3 is 0 Å². The maximum atomic E-state index is 9.91. The molecule has 0 saturated heterocycles. The average molecular weight is 301 g/mol. The van der Waals surface area contributed by atoms with Crippen LogP contribution in [-0.4, -0.2) is 31.2 Å². The molecule has 1 atom stereocenters. The van der Waals surface area contributed by atoms with Crippen molar-refractivity contribution in [1.82, 2.24) is 5.32 Å². The Bertz CT molecular complexity index is 603. The Morgan fingerprint density at radius 3 is 2.77 bits per heavy atom. The van der Waals surface area contributed by atoms with Crippen molar-refractivity contribution in [2.75, 3.05) is 19.9 Å². The highest BCUT2D eigenvalue weighted by molar-refractivity contribution is 5.44. The number of aliphatic hydroxyl groups excluding tert-OH is 1. The largest absolute Gasteiger partial charge is 0.491 e. The van der Waals surface area contributed by atoms with Crippen molar-refractivity contribution in [2.45, 2.75) is 12.6 Å². The van der Waals surface area contributed by atoms with Gasteiger partial charge in [-0.05, 0) is 29.8 Å². The van der Waals surface area contributed by atoms with Crippen molar-refractivity contribution in [2.24, 2.45) is 0 Å². The van der Waals surface area contributed by atoms with Crippen molar-refractivity contribution >= 4 is 0 Å². The van der Waals surface area contributed by atoms with Crippen LogP contribution in [0, 0.1) is 0 Å². The van der Waals surface area contributed by atoms with Crippen LogP contribution in [0.4, 0.5) is 0 Å². The van der Waals surface area contributed by atoms with E-state index in [2.05, 4.69) is 5.32 Å². The zero-order valence-electron chi connectivity index (χ0n) is 12.2. The zero-order chi connectivity index (χ0) is 15.2. The lowest BCUT2D eigenvalue weighted by molar-refractivity contribution is 0.106. The fourth-order valence-corrected chi connectivity index (χ4v) is 2.20. The summed E-state index contributed by atoms with van der Waals surface area (Å²) in [5.41, 5.74) is 1.08. The molecule has 1 aliphatic rings. The maximum absolute atomic E-state index is 9.91. The molecule has 0 aliphatic carbocycles. The number of benzene rings is 2. The van der Waals surface area contributed by atoms with Crippen molar-refractivity contribution in [3.8, 4) is 17.2 Å². The lowest BCUT2D eigenvalue weighted by Gasteiger charge is -2.13. The van der Waals surface area contributed by atoms with E-state index in [1.807, 2.05) is 48.5 Å². The molecule has 0 aromatic heterocycles. The summed E-state index contributed by atoms with van der Waals surface area (Å²) in [6, 6.07) is 15.3. The quantitative estimate of drug-likeness (QED) is 0.818. The van der Waals surface area contributed by atoms with Gasteiger partial charge in [-0.15, -0.1) is 0 Å². The molecular formula is C17H19NO4. The second-order valence-electron chi connectivity index (χ2n) is 5.10. The Kier molecular flexibility index (Phi) is 4.78. The van der Waals surface area contributed by atoms with Gasteiger partial charge in [0, 0.05) is 13.1 Å². The van der Waals surface area contributed by atoms with Gasteiger partial charge in [0.25, 0.3) is 0 Å². The van der Waals surface area contributed by atoms with E-state index in [0.717, 1.165) is 22.8 Å². The van der Waals surface area contributed by atoms with Crippen LogP contribution in [0.25, 0.3) is 0 Å². The SMILES string of the molecule is O[C@H](CNCc1ccc2c(c1)OCO2)COc1ccccc1. The average Bonchev–Trinajstić information content (AvgIpc) is 3.02. The smallest absolute Gasteiger partial charge is 0.231 e. The van der Waals surface area contributed by atoms with Gasteiger partial charge in [0.05, 0.1) is 0 Å². The Balaban J connectivity index is 1.39. The molecule has 0 amide bonds. The van der Waals surface area contributed by atoms with Gasteiger partial charge in [-0.2, -0.15) is 0 Å². The molecule has 3 rings (SSSR count). The second kappa shape index (κ2) is 7.15. The minimum absolute atomic E-state index is 0.262. The molecule has 1 heterocycles. The maximum Gasteiger partial charge on any atom is 0.231 e. The standard InChI is InChI=1S/C17H19NO4/c19-14(11-20-15-4-2-1-3-5-15)10-18-9-13-6-7-16-17(8-13)22-12-21-16/h1-8,14,18-19H,9-12H2/t14-/m1/s1. The lowest BCUT2D eigenvalue weighted by atomic mass is 10.2. The first kappa shape index (κ1) is 14.7. The lowest BCUT2D eigenvalue weighted by Crippen LogP contribution is -2.31. The number of hydrogen-bond acceptors (Lipinski definition) is 5. The molecule has 0 unspecified atom stereocenters. The van der Waals surface area contributed by atoms with Crippen LogP contribution >= 0.6 is 0 Å². The van der Waals surface area contributed by atoms with E-state index in [4.69, 9.17) is 14.2 Å². The van der Waals surface area contributed by atoms with E-state index in [1.54, 1.807) is 0 Å². The van der Waals surface area contributed by atoms with E-state index in [0.29, 0.717) is 13.1 Å². The van der Waals surface area contributed by atoms with Gasteiger partial charge < -0.3 is 24.6 Å². The minimum atomic E-state index is -0.561. The van der Waals surface area contributed by atoms with Gasteiger partial charge in [0.2, 0.25) is 6.79 Å². The van der Waals surface area contributed by atoms with Gasteiger partial charge in [-0.1, -0.05) is 24.3 Å². The number of para-hydroxylation sites is 1. The first-order valence-electron chi connectivity index (χ1n) is 7.26. The monoisotopic (exact) mass is 301 g/mol. The molecule has 2 aromatic carbocycles. The fraction of sp³-hybridized carbons (Fsp3) is 0.294. The summed E-state index contributed by atoms with van der Waals surface area (Å²) in [6.07, 6.45) is -0.561. The first-order chi connectivity index (χ1) is 10.8. The van der Waals surface area contributed by atoms with E-state index in [-0.39, 0.29) is 13.4 Å². The van der Waals surface area contributed by atoms with Crippen molar-refractivity contribution in [1.29, 1.82) is 0 Å². The van der Waals surface area contributed by atoms with Gasteiger partial charge in [0.15, 0.2) is 11.5 Å². The van der Waals surface area contributed by atoms with Crippen molar-refractivity contribution in [3.63, 3.8) is 0 Å². The van der Waals surface area contributed by atoms with Crippen LogP contribution in [0.15, 0.2) is 48.5 Å². The highest BCUT2D eigenvalue weighted by Crippen LogP contribution is 2.32. The van der Waals surface area contributed by atoms with Crippen molar-refractivity contribution in [3.05, 3.63) is 54.1 Å². The summed E-state index contributed by atoms with van der Waals surface area (Å²) in [6.45, 7) is 1.65. The number of fused-ring (bicyclic) bond motifs is 1. The number of aliphatic hydroxyl groups is 1. The molecule has 0 radical (unpaired) electrons. The Labute approximate surface area is 129 Å². The molecular weight excluding hydrogens is 282 g/mol. The minimum Gasteiger partial charge on any atom is -0.491 e. The van der Waals surface area contributed by atoms with E-state index >= 15 is 0 Å². The Morgan fingerprint density at radius 1 is 1.09 bits per heavy atom. The third kappa shape index (κ3) is 3.90. The van der Waals surface area contributed by atoms with Gasteiger partial charge in [-0.3, -0.25) is 0 Å². The van der Waals surface area contributed by atoms with Crippen LogP contribution in [-0.2, 0) is 6.54 Å². The highest BCUT2D eigenvalue weighted by atomic mass is 16.7. The summed E-state index contributed by atoms with van der Waals surface area (Å²) in [4.78, 5) is 0. The summed E-state index contributed by atoms with van der Waals surface area (Å²) in [7, 11) is 0. The fourth-order valence-electron chi connectivity index (χ4n) is 2.20. The van der Waals surface area contributed by atoms with E-state index in [1.165, 1.54) is 0 Å². The summed E-state index contributed by atoms with van der Waals surface area (Å²) >= 11 is 0. The Hall–Kier alpha value is -2.24. The molecule has 1 aliphatic heterocycles. The first-order valence-corrected chi connectivity index (χ1v) is 7.26. The van der Waals surface area contributed by atoms with Gasteiger partial charge in [0.1, 0.15) is 18.5 Å². The van der Waals surface area contributed by atoms with E-state index < -0.39 is 6.10 Å². The highest BCUT2D eigenvalue weighted by Gasteiger charge is 2.13. The number of ether oxygens (including phenoxy) is 3. The second-order valence-corrected chi connectivity index (χ2v) is 5.10. The summed E-state index contributed by atoms with van der Waals surface area (Å²) < 4.78 is 16.1. The molecule has 2 N–H and O–H groups in total. The van der Waals surface area contributed by atoms with Gasteiger partial charge in [-0.25, -0.2) is 0 Å². The molecule has 2 aromatic rings. The number of rotatable bonds is 7. The third-order valence-electron chi connectivity index (χ3n) is 3.33. The van der Waals surface area contributed by atoms with Crippen LogP contribution in [0.3, 0.4) is 0 Å². The third-order valence-corrected chi connectivity index (χ3v) is 3.33. The van der Waals surface area contributed by atoms with Crippen LogP contribution < -0.4 is 19.5 Å². The van der Waals surface area contributed by atoms with Crippen LogP contribution in [0.5, 0.6) is 17.2 Å². The molecule has 0 spiro atoms. The van der Waals surface area contributed by atoms with Crippen molar-refractivity contribution < 1.29 is 19.3 Å². The molecule has 0 saturated carbocycles. The normalized spacial score (nSPS) is 13.9. The molecule has 5 heteroatoms. The topological polar surface area (TPSA) is 60.0 Å². The Morgan fingerprint density at radius 2 is 1.91 bits per heavy atom. The molecule has 22 heavy (non-hydrogen) atoms. The summed E-state index contributed by atoms with van der Waals surface area (Å²) in [5, 5.41) is 13.1.